The van der Waals surface area contributed by atoms with E-state index >= 15 is 0 Å². The Labute approximate surface area is 101 Å². The van der Waals surface area contributed by atoms with Crippen LogP contribution >= 0.6 is 0 Å². The maximum Gasteiger partial charge on any atom is 0.158 e. The molecule has 0 amide bonds. The fraction of sp³-hybridized carbons (Fsp3) is 1.00. The highest BCUT2D eigenvalue weighted by Gasteiger charge is 2.40. The number of unbranched alkanes of at least 4 members (excludes halogenated alkanes) is 3. The van der Waals surface area contributed by atoms with Crippen molar-refractivity contribution in [2.24, 2.45) is 5.41 Å². The summed E-state index contributed by atoms with van der Waals surface area (Å²) in [5.74, 6) is 0. The van der Waals surface area contributed by atoms with Crippen LogP contribution in [0.2, 0.25) is 0 Å². The van der Waals surface area contributed by atoms with Gasteiger partial charge in [0, 0.05) is 5.41 Å². The van der Waals surface area contributed by atoms with E-state index in [1.807, 2.05) is 0 Å². The Hall–Kier alpha value is -0.0800. The predicted molar refractivity (Wildman–Crippen MR) is 67.4 cm³/mol. The molecule has 16 heavy (non-hydrogen) atoms. The SMILES string of the molecule is CCCCCCC1O[C@@H](C)C(C)(C)[C@H](C)O1. The summed E-state index contributed by atoms with van der Waals surface area (Å²) in [5, 5.41) is 0. The van der Waals surface area contributed by atoms with Crippen molar-refractivity contribution in [3.8, 4) is 0 Å². The zero-order valence-corrected chi connectivity index (χ0v) is 11.6. The number of ether oxygens (including phenoxy) is 2. The molecule has 1 fully saturated rings. The molecule has 96 valence electrons. The minimum atomic E-state index is 0.0230. The zero-order chi connectivity index (χ0) is 12.2. The van der Waals surface area contributed by atoms with Crippen molar-refractivity contribution in [2.45, 2.75) is 85.2 Å². The van der Waals surface area contributed by atoms with Gasteiger partial charge in [0.05, 0.1) is 12.2 Å². The molecule has 0 bridgehead atoms. The standard InChI is InChI=1S/C14H28O2/c1-6-7-8-9-10-13-15-11(2)14(4,5)12(3)16-13/h11-13H,6-10H2,1-5H3/t11-,12-/m0/s1. The van der Waals surface area contributed by atoms with Crippen LogP contribution in [-0.4, -0.2) is 18.5 Å². The lowest BCUT2D eigenvalue weighted by Crippen LogP contribution is -2.49. The lowest BCUT2D eigenvalue weighted by molar-refractivity contribution is -0.286. The summed E-state index contributed by atoms with van der Waals surface area (Å²) in [6.45, 7) is 11.0. The molecule has 1 heterocycles. The Balaban J connectivity index is 2.31. The molecule has 0 aliphatic carbocycles. The summed E-state index contributed by atoms with van der Waals surface area (Å²) in [6, 6.07) is 0. The van der Waals surface area contributed by atoms with Gasteiger partial charge in [-0.2, -0.15) is 0 Å². The van der Waals surface area contributed by atoms with Gasteiger partial charge in [-0.15, -0.1) is 0 Å². The van der Waals surface area contributed by atoms with Gasteiger partial charge in [-0.3, -0.25) is 0 Å². The van der Waals surface area contributed by atoms with Gasteiger partial charge < -0.3 is 9.47 Å². The Bertz CT molecular complexity index is 187. The van der Waals surface area contributed by atoms with Gasteiger partial charge in [-0.25, -0.2) is 0 Å². The molecule has 0 spiro atoms. The van der Waals surface area contributed by atoms with E-state index in [1.165, 1.54) is 25.7 Å². The van der Waals surface area contributed by atoms with E-state index in [1.54, 1.807) is 0 Å². The van der Waals surface area contributed by atoms with E-state index in [9.17, 15) is 0 Å². The molecule has 1 aliphatic rings. The second kappa shape index (κ2) is 6.02. The highest BCUT2D eigenvalue weighted by Crippen LogP contribution is 2.36. The molecule has 1 aliphatic heterocycles. The minimum absolute atomic E-state index is 0.0230. The Morgan fingerprint density at radius 1 is 0.938 bits per heavy atom. The molecule has 2 nitrogen and oxygen atoms in total. The van der Waals surface area contributed by atoms with Gasteiger partial charge >= 0.3 is 0 Å². The van der Waals surface area contributed by atoms with Crippen LogP contribution in [0.5, 0.6) is 0 Å². The molecule has 1 rings (SSSR count). The van der Waals surface area contributed by atoms with Crippen LogP contribution in [0.3, 0.4) is 0 Å². The van der Waals surface area contributed by atoms with Crippen LogP contribution in [0.1, 0.15) is 66.7 Å². The third-order valence-electron chi connectivity index (χ3n) is 4.10. The van der Waals surface area contributed by atoms with Gasteiger partial charge in [0.25, 0.3) is 0 Å². The Morgan fingerprint density at radius 2 is 1.50 bits per heavy atom. The molecule has 0 unspecified atom stereocenters. The summed E-state index contributed by atoms with van der Waals surface area (Å²) in [7, 11) is 0. The van der Waals surface area contributed by atoms with E-state index in [2.05, 4.69) is 34.6 Å². The van der Waals surface area contributed by atoms with Gasteiger partial charge in [0.15, 0.2) is 6.29 Å². The molecule has 0 saturated carbocycles. The first-order chi connectivity index (χ1) is 7.48. The molecule has 2 heteroatoms. The fourth-order valence-electron chi connectivity index (χ4n) is 2.04. The first kappa shape index (κ1) is 14.0. The van der Waals surface area contributed by atoms with Crippen LogP contribution in [0.4, 0.5) is 0 Å². The molecular weight excluding hydrogens is 200 g/mol. The topological polar surface area (TPSA) is 18.5 Å². The van der Waals surface area contributed by atoms with E-state index < -0.39 is 0 Å². The lowest BCUT2D eigenvalue weighted by atomic mass is 9.81. The number of hydrogen-bond acceptors (Lipinski definition) is 2. The highest BCUT2D eigenvalue weighted by molar-refractivity contribution is 4.85. The second-order valence-electron chi connectivity index (χ2n) is 5.66. The van der Waals surface area contributed by atoms with Crippen molar-refractivity contribution in [1.82, 2.24) is 0 Å². The van der Waals surface area contributed by atoms with Crippen LogP contribution in [0, 0.1) is 5.41 Å². The smallest absolute Gasteiger partial charge is 0.158 e. The normalized spacial score (nSPS) is 33.9. The molecule has 0 aromatic rings. The van der Waals surface area contributed by atoms with Crippen LogP contribution in [0.15, 0.2) is 0 Å². The van der Waals surface area contributed by atoms with Crippen LogP contribution < -0.4 is 0 Å². The summed E-state index contributed by atoms with van der Waals surface area (Å²) < 4.78 is 11.9. The maximum absolute atomic E-state index is 5.93. The van der Waals surface area contributed by atoms with Crippen LogP contribution in [-0.2, 0) is 9.47 Å². The van der Waals surface area contributed by atoms with E-state index in [0.29, 0.717) is 0 Å². The average molecular weight is 228 g/mol. The minimum Gasteiger partial charge on any atom is -0.349 e. The number of rotatable bonds is 5. The van der Waals surface area contributed by atoms with Crippen molar-refractivity contribution in [2.75, 3.05) is 0 Å². The molecule has 2 atom stereocenters. The van der Waals surface area contributed by atoms with Gasteiger partial charge in [-0.05, 0) is 26.7 Å². The summed E-state index contributed by atoms with van der Waals surface area (Å²) >= 11 is 0. The van der Waals surface area contributed by atoms with Gasteiger partial charge in [0.1, 0.15) is 0 Å². The van der Waals surface area contributed by atoms with Gasteiger partial charge in [0.2, 0.25) is 0 Å². The third-order valence-corrected chi connectivity index (χ3v) is 4.10. The average Bonchev–Trinajstić information content (AvgIpc) is 2.22. The van der Waals surface area contributed by atoms with Crippen molar-refractivity contribution in [3.05, 3.63) is 0 Å². The monoisotopic (exact) mass is 228 g/mol. The quantitative estimate of drug-likeness (QED) is 0.659. The summed E-state index contributed by atoms with van der Waals surface area (Å²) in [6.07, 6.45) is 6.76. The van der Waals surface area contributed by atoms with E-state index in [0.717, 1.165) is 6.42 Å². The maximum atomic E-state index is 5.93. The predicted octanol–water partition coefficient (Wildman–Crippen LogP) is 4.13. The lowest BCUT2D eigenvalue weighted by Gasteiger charge is -2.45. The largest absolute Gasteiger partial charge is 0.349 e. The first-order valence-electron chi connectivity index (χ1n) is 6.79. The molecule has 0 aromatic heterocycles. The van der Waals surface area contributed by atoms with E-state index in [4.69, 9.17) is 9.47 Å². The van der Waals surface area contributed by atoms with Crippen molar-refractivity contribution >= 4 is 0 Å². The molecule has 0 aromatic carbocycles. The fourth-order valence-corrected chi connectivity index (χ4v) is 2.04. The van der Waals surface area contributed by atoms with E-state index in [-0.39, 0.29) is 23.9 Å². The van der Waals surface area contributed by atoms with Crippen molar-refractivity contribution in [1.29, 1.82) is 0 Å². The summed E-state index contributed by atoms with van der Waals surface area (Å²) in [4.78, 5) is 0. The zero-order valence-electron chi connectivity index (χ0n) is 11.6. The van der Waals surface area contributed by atoms with Gasteiger partial charge in [-0.1, -0.05) is 40.0 Å². The first-order valence-corrected chi connectivity index (χ1v) is 6.79. The molecule has 0 N–H and O–H groups in total. The van der Waals surface area contributed by atoms with Crippen LogP contribution in [0.25, 0.3) is 0 Å². The summed E-state index contributed by atoms with van der Waals surface area (Å²) in [5.41, 5.74) is 0.125. The van der Waals surface area contributed by atoms with Crippen molar-refractivity contribution in [3.63, 3.8) is 0 Å². The second-order valence-corrected chi connectivity index (χ2v) is 5.66. The number of hydrogen-bond donors (Lipinski definition) is 0. The Morgan fingerprint density at radius 3 is 2.00 bits per heavy atom. The highest BCUT2D eigenvalue weighted by atomic mass is 16.7. The molecular formula is C14H28O2. The molecule has 0 radical (unpaired) electrons. The Kier molecular flexibility index (Phi) is 5.26. The third kappa shape index (κ3) is 3.46. The molecule has 1 saturated heterocycles. The van der Waals surface area contributed by atoms with Crippen molar-refractivity contribution < 1.29 is 9.47 Å².